The molecule has 5 rings (SSSR count). The average Bonchev–Trinajstić information content (AvgIpc) is 3.31. The molecule has 0 saturated carbocycles. The number of piperidine rings is 1. The molecule has 2 fully saturated rings. The third-order valence-electron chi connectivity index (χ3n) is 7.10. The number of likely N-dealkylation sites (N-methyl/N-ethyl adjacent to an activating group) is 1. The maximum atomic E-state index is 5.79. The molecule has 4 heterocycles. The van der Waals surface area contributed by atoms with E-state index in [0.29, 0.717) is 23.5 Å². The van der Waals surface area contributed by atoms with Crippen LogP contribution in [0.15, 0.2) is 36.8 Å². The molecule has 3 aromatic rings. The van der Waals surface area contributed by atoms with E-state index in [4.69, 9.17) is 10.5 Å². The van der Waals surface area contributed by atoms with Crippen LogP contribution in [-0.4, -0.2) is 89.0 Å². The molecule has 2 aliphatic rings. The number of benzene rings is 1. The van der Waals surface area contributed by atoms with Crippen molar-refractivity contribution in [3.05, 3.63) is 42.4 Å². The number of hydrogen-bond donors (Lipinski definition) is 2. The van der Waals surface area contributed by atoms with Gasteiger partial charge in [0.2, 0.25) is 5.95 Å². The number of ether oxygens (including phenoxy) is 1. The normalized spacial score (nSPS) is 18.1. The Morgan fingerprint density at radius 2 is 1.86 bits per heavy atom. The molecule has 2 saturated heterocycles. The molecule has 2 aliphatic heterocycles. The minimum atomic E-state index is 0.468. The van der Waals surface area contributed by atoms with E-state index in [1.807, 2.05) is 0 Å². The first-order valence-electron chi connectivity index (χ1n) is 12.3. The van der Waals surface area contributed by atoms with Crippen molar-refractivity contribution in [1.82, 2.24) is 29.5 Å². The van der Waals surface area contributed by atoms with Gasteiger partial charge in [0.05, 0.1) is 30.9 Å². The van der Waals surface area contributed by atoms with Gasteiger partial charge in [0.1, 0.15) is 5.75 Å². The number of nitrogens with zero attached hydrogens (tertiary/aromatic N) is 7. The molecule has 35 heavy (non-hydrogen) atoms. The van der Waals surface area contributed by atoms with E-state index >= 15 is 0 Å². The Kier molecular flexibility index (Phi) is 6.74. The van der Waals surface area contributed by atoms with E-state index < -0.39 is 0 Å². The van der Waals surface area contributed by atoms with Crippen LogP contribution in [0.2, 0.25) is 0 Å². The van der Waals surface area contributed by atoms with Gasteiger partial charge in [-0.2, -0.15) is 10.1 Å². The van der Waals surface area contributed by atoms with Gasteiger partial charge in [-0.1, -0.05) is 0 Å². The molecule has 10 nitrogen and oxygen atoms in total. The topological polar surface area (TPSA) is 101 Å². The molecule has 3 N–H and O–H groups in total. The number of methoxy groups -OCH3 is 1. The summed E-state index contributed by atoms with van der Waals surface area (Å²) in [6.07, 6.45) is 7.40. The van der Waals surface area contributed by atoms with E-state index in [-0.39, 0.29) is 0 Å². The van der Waals surface area contributed by atoms with Gasteiger partial charge in [0.25, 0.3) is 0 Å². The quantitative estimate of drug-likeness (QED) is 0.555. The predicted octanol–water partition coefficient (Wildman–Crippen LogP) is 2.52. The molecule has 0 unspecified atom stereocenters. The summed E-state index contributed by atoms with van der Waals surface area (Å²) in [7, 11) is 3.91. The van der Waals surface area contributed by atoms with Gasteiger partial charge in [0, 0.05) is 69.3 Å². The van der Waals surface area contributed by atoms with Crippen molar-refractivity contribution in [3.8, 4) is 11.6 Å². The summed E-state index contributed by atoms with van der Waals surface area (Å²) in [6, 6.07) is 6.72. The van der Waals surface area contributed by atoms with Crippen LogP contribution in [0.5, 0.6) is 5.75 Å². The Labute approximate surface area is 206 Å². The standard InChI is InChI=1S/C25H35N9O/c1-18-14-21(29-25-27-7-4-24(30-25)34-17-19(26)16-28-34)23(35-3)15-22(18)33-8-5-20(6-9-33)32-12-10-31(2)11-13-32/h4,7,14-17,20H,5-6,8-13,26H2,1-3H3,(H,27,29,30). The molecule has 0 spiro atoms. The van der Waals surface area contributed by atoms with Crippen molar-refractivity contribution in [2.75, 3.05) is 69.4 Å². The first-order valence-corrected chi connectivity index (χ1v) is 12.3. The molecule has 0 bridgehead atoms. The fourth-order valence-corrected chi connectivity index (χ4v) is 5.06. The van der Waals surface area contributed by atoms with Crippen molar-refractivity contribution >= 4 is 23.0 Å². The highest BCUT2D eigenvalue weighted by molar-refractivity contribution is 5.71. The van der Waals surface area contributed by atoms with Gasteiger partial charge in [0.15, 0.2) is 5.82 Å². The third-order valence-corrected chi connectivity index (χ3v) is 7.10. The highest BCUT2D eigenvalue weighted by Gasteiger charge is 2.27. The lowest BCUT2D eigenvalue weighted by atomic mass is 10.0. The lowest BCUT2D eigenvalue weighted by Crippen LogP contribution is -2.52. The monoisotopic (exact) mass is 477 g/mol. The Morgan fingerprint density at radius 1 is 1.09 bits per heavy atom. The van der Waals surface area contributed by atoms with Crippen molar-refractivity contribution in [1.29, 1.82) is 0 Å². The van der Waals surface area contributed by atoms with Gasteiger partial charge in [-0.15, -0.1) is 0 Å². The van der Waals surface area contributed by atoms with Gasteiger partial charge in [-0.05, 0) is 38.4 Å². The molecular formula is C25H35N9O. The third kappa shape index (κ3) is 5.18. The van der Waals surface area contributed by atoms with Crippen LogP contribution in [0.25, 0.3) is 5.82 Å². The summed E-state index contributed by atoms with van der Waals surface area (Å²) < 4.78 is 7.38. The number of aryl methyl sites for hydroxylation is 1. The first-order chi connectivity index (χ1) is 17.0. The van der Waals surface area contributed by atoms with Crippen LogP contribution in [0, 0.1) is 6.92 Å². The summed E-state index contributed by atoms with van der Waals surface area (Å²) in [5.41, 5.74) is 9.63. The molecule has 1 aromatic carbocycles. The molecule has 10 heteroatoms. The zero-order valence-electron chi connectivity index (χ0n) is 20.8. The lowest BCUT2D eigenvalue weighted by molar-refractivity contribution is 0.0982. The van der Waals surface area contributed by atoms with Crippen molar-refractivity contribution in [3.63, 3.8) is 0 Å². The summed E-state index contributed by atoms with van der Waals surface area (Å²) in [6.45, 7) is 8.99. The largest absolute Gasteiger partial charge is 0.494 e. The molecule has 0 radical (unpaired) electrons. The van der Waals surface area contributed by atoms with Crippen LogP contribution in [0.3, 0.4) is 0 Å². The van der Waals surface area contributed by atoms with E-state index in [2.05, 4.69) is 61.2 Å². The van der Waals surface area contributed by atoms with Gasteiger partial charge in [-0.25, -0.2) is 9.67 Å². The Bertz CT molecular complexity index is 1150. The smallest absolute Gasteiger partial charge is 0.229 e. The second kappa shape index (κ2) is 10.1. The lowest BCUT2D eigenvalue weighted by Gasteiger charge is -2.43. The number of aromatic nitrogens is 4. The zero-order chi connectivity index (χ0) is 24.4. The number of nitrogens with one attached hydrogen (secondary N) is 1. The minimum absolute atomic E-state index is 0.468. The van der Waals surface area contributed by atoms with Crippen LogP contribution < -0.4 is 20.7 Å². The fourth-order valence-electron chi connectivity index (χ4n) is 5.06. The van der Waals surface area contributed by atoms with Gasteiger partial charge in [-0.3, -0.25) is 4.90 Å². The molecule has 0 atom stereocenters. The summed E-state index contributed by atoms with van der Waals surface area (Å²) in [5.74, 6) is 1.87. The van der Waals surface area contributed by atoms with E-state index in [9.17, 15) is 0 Å². The number of anilines is 4. The van der Waals surface area contributed by atoms with Gasteiger partial charge < -0.3 is 25.6 Å². The number of nitrogens with two attached hydrogens (primary N) is 1. The van der Waals surface area contributed by atoms with Crippen molar-refractivity contribution in [2.45, 2.75) is 25.8 Å². The highest BCUT2D eigenvalue weighted by Crippen LogP contribution is 2.36. The second-order valence-electron chi connectivity index (χ2n) is 9.48. The maximum Gasteiger partial charge on any atom is 0.229 e. The molecule has 0 aliphatic carbocycles. The average molecular weight is 478 g/mol. The minimum Gasteiger partial charge on any atom is -0.494 e. The van der Waals surface area contributed by atoms with Gasteiger partial charge >= 0.3 is 0 Å². The molecule has 2 aromatic heterocycles. The van der Waals surface area contributed by atoms with Crippen molar-refractivity contribution in [2.24, 2.45) is 0 Å². The number of rotatable bonds is 6. The summed E-state index contributed by atoms with van der Waals surface area (Å²) >= 11 is 0. The maximum absolute atomic E-state index is 5.79. The summed E-state index contributed by atoms with van der Waals surface area (Å²) in [4.78, 5) is 16.5. The molecule has 186 valence electrons. The highest BCUT2D eigenvalue weighted by atomic mass is 16.5. The first kappa shape index (κ1) is 23.4. The Hall–Kier alpha value is -3.37. The SMILES string of the molecule is COc1cc(N2CCC(N3CCN(C)CC3)CC2)c(C)cc1Nc1nccc(-n2cc(N)cn2)n1. The van der Waals surface area contributed by atoms with Crippen LogP contribution in [0.1, 0.15) is 18.4 Å². The Balaban J connectivity index is 1.29. The van der Waals surface area contributed by atoms with E-state index in [1.54, 1.807) is 36.4 Å². The van der Waals surface area contributed by atoms with E-state index in [1.165, 1.54) is 50.3 Å². The predicted molar refractivity (Wildman–Crippen MR) is 139 cm³/mol. The van der Waals surface area contributed by atoms with Crippen molar-refractivity contribution < 1.29 is 4.74 Å². The number of hydrogen-bond acceptors (Lipinski definition) is 9. The summed E-state index contributed by atoms with van der Waals surface area (Å²) in [5, 5.41) is 7.54. The number of piperazine rings is 1. The molecular weight excluding hydrogens is 442 g/mol. The molecule has 0 amide bonds. The number of nitrogen functional groups attached to an aromatic ring is 1. The Morgan fingerprint density at radius 3 is 2.54 bits per heavy atom. The second-order valence-corrected chi connectivity index (χ2v) is 9.48. The van der Waals surface area contributed by atoms with Crippen LogP contribution in [-0.2, 0) is 0 Å². The fraction of sp³-hybridized carbons (Fsp3) is 0.480. The van der Waals surface area contributed by atoms with Crippen LogP contribution >= 0.6 is 0 Å². The van der Waals surface area contributed by atoms with Crippen LogP contribution in [0.4, 0.5) is 23.0 Å². The van der Waals surface area contributed by atoms with E-state index in [0.717, 1.165) is 24.5 Å². The zero-order valence-corrected chi connectivity index (χ0v) is 20.8.